The minimum absolute atomic E-state index is 0.0226. The molecule has 0 amide bonds. The zero-order valence-electron chi connectivity index (χ0n) is 17.4. The summed E-state index contributed by atoms with van der Waals surface area (Å²) in [5.74, 6) is 0.707. The lowest BCUT2D eigenvalue weighted by atomic mass is 9.76. The van der Waals surface area contributed by atoms with Crippen LogP contribution in [0.15, 0.2) is 16.3 Å². The Hall–Kier alpha value is -1.49. The Bertz CT molecular complexity index is 613. The van der Waals surface area contributed by atoms with E-state index < -0.39 is 0 Å². The number of ketones is 2. The maximum atomic E-state index is 12.7. The molecule has 0 aromatic rings. The number of aliphatic hydroxyl groups is 1. The predicted octanol–water partition coefficient (Wildman–Crippen LogP) is 4.17. The Labute approximate surface area is 163 Å². The summed E-state index contributed by atoms with van der Waals surface area (Å²) in [7, 11) is 1.85. The lowest BCUT2D eigenvalue weighted by molar-refractivity contribution is -0.126. The van der Waals surface area contributed by atoms with Crippen molar-refractivity contribution in [3.05, 3.63) is 11.3 Å². The topological polar surface area (TPSA) is 78.8 Å². The van der Waals surface area contributed by atoms with Gasteiger partial charge in [0.2, 0.25) is 0 Å². The number of allylic oxidation sites excluding steroid dienone is 2. The highest BCUT2D eigenvalue weighted by atomic mass is 16.3. The van der Waals surface area contributed by atoms with Gasteiger partial charge in [-0.15, -0.1) is 0 Å². The van der Waals surface area contributed by atoms with Crippen molar-refractivity contribution in [2.75, 3.05) is 13.6 Å². The minimum Gasteiger partial charge on any atom is -0.511 e. The van der Waals surface area contributed by atoms with Gasteiger partial charge in [-0.3, -0.25) is 14.6 Å². The van der Waals surface area contributed by atoms with Crippen molar-refractivity contribution >= 4 is 17.3 Å². The second kappa shape index (κ2) is 9.63. The third-order valence-electron chi connectivity index (χ3n) is 5.91. The summed E-state index contributed by atoms with van der Waals surface area (Å²) in [6, 6.07) is -0.103. The van der Waals surface area contributed by atoms with E-state index in [-0.39, 0.29) is 28.9 Å². The Kier molecular flexibility index (Phi) is 7.78. The van der Waals surface area contributed by atoms with Crippen LogP contribution in [0.5, 0.6) is 0 Å². The van der Waals surface area contributed by atoms with Crippen LogP contribution in [0, 0.1) is 11.3 Å². The second-order valence-corrected chi connectivity index (χ2v) is 8.95. The summed E-state index contributed by atoms with van der Waals surface area (Å²) in [6.07, 6.45) is 8.14. The lowest BCUT2D eigenvalue weighted by Crippen LogP contribution is -2.39. The van der Waals surface area contributed by atoms with Gasteiger partial charge in [0, 0.05) is 31.0 Å². The van der Waals surface area contributed by atoms with Gasteiger partial charge in [0.15, 0.2) is 11.6 Å². The standard InChI is InChI=1S/C22H36N2O3/c1-15(20-18(25)13-22(2,3)14-19(20)26)24-12-8-11-17(23-4)21(27)16-9-6-5-7-10-16/h16-17,23,25H,5-14H2,1-4H3. The first kappa shape index (κ1) is 21.8. The van der Waals surface area contributed by atoms with Crippen LogP contribution in [0.1, 0.15) is 78.6 Å². The summed E-state index contributed by atoms with van der Waals surface area (Å²) in [4.78, 5) is 29.5. The molecule has 2 aliphatic carbocycles. The normalized spacial score (nSPS) is 22.8. The van der Waals surface area contributed by atoms with Gasteiger partial charge in [-0.25, -0.2) is 0 Å². The van der Waals surface area contributed by atoms with Crippen LogP contribution in [-0.4, -0.2) is 42.0 Å². The Balaban J connectivity index is 1.88. The first-order valence-corrected chi connectivity index (χ1v) is 10.4. The van der Waals surface area contributed by atoms with Crippen LogP contribution < -0.4 is 5.32 Å². The predicted molar refractivity (Wildman–Crippen MR) is 109 cm³/mol. The molecule has 1 saturated carbocycles. The highest BCUT2D eigenvalue weighted by Gasteiger charge is 2.34. The zero-order valence-corrected chi connectivity index (χ0v) is 17.4. The molecular formula is C22H36N2O3. The smallest absolute Gasteiger partial charge is 0.168 e. The van der Waals surface area contributed by atoms with E-state index >= 15 is 0 Å². The van der Waals surface area contributed by atoms with Crippen LogP contribution in [-0.2, 0) is 9.59 Å². The molecule has 1 unspecified atom stereocenters. The van der Waals surface area contributed by atoms with Crippen molar-refractivity contribution in [3.63, 3.8) is 0 Å². The highest BCUT2D eigenvalue weighted by molar-refractivity contribution is 6.22. The van der Waals surface area contributed by atoms with Gasteiger partial charge >= 0.3 is 0 Å². The molecule has 0 aromatic carbocycles. The average Bonchev–Trinajstić information content (AvgIpc) is 2.60. The van der Waals surface area contributed by atoms with Gasteiger partial charge in [-0.05, 0) is 45.1 Å². The SMILES string of the molecule is CNC(CCCN=C(C)C1=C(O)CC(C)(C)CC1=O)C(=O)C1CCCCC1. The van der Waals surface area contributed by atoms with Crippen molar-refractivity contribution in [3.8, 4) is 0 Å². The fourth-order valence-corrected chi connectivity index (χ4v) is 4.42. The molecule has 0 heterocycles. The molecule has 0 aromatic heterocycles. The maximum Gasteiger partial charge on any atom is 0.168 e. The Morgan fingerprint density at radius 3 is 2.52 bits per heavy atom. The number of aliphatic hydroxyl groups excluding tert-OH is 1. The van der Waals surface area contributed by atoms with Gasteiger partial charge < -0.3 is 10.4 Å². The number of rotatable bonds is 8. The fourth-order valence-electron chi connectivity index (χ4n) is 4.42. The van der Waals surface area contributed by atoms with Crippen LogP contribution in [0.4, 0.5) is 0 Å². The molecule has 5 nitrogen and oxygen atoms in total. The summed E-state index contributed by atoms with van der Waals surface area (Å²) in [5, 5.41) is 13.4. The van der Waals surface area contributed by atoms with Gasteiger partial charge in [0.25, 0.3) is 0 Å². The number of hydrogen-bond donors (Lipinski definition) is 2. The van der Waals surface area contributed by atoms with Crippen LogP contribution in [0.25, 0.3) is 0 Å². The molecular weight excluding hydrogens is 340 g/mol. The number of likely N-dealkylation sites (N-methyl/N-ethyl adjacent to an activating group) is 1. The van der Waals surface area contributed by atoms with E-state index in [1.807, 2.05) is 20.9 Å². The van der Waals surface area contributed by atoms with E-state index in [0.717, 1.165) is 25.7 Å². The van der Waals surface area contributed by atoms with Crippen LogP contribution >= 0.6 is 0 Å². The molecule has 2 aliphatic rings. The molecule has 1 fully saturated rings. The minimum atomic E-state index is -0.190. The third kappa shape index (κ3) is 6.00. The molecule has 1 atom stereocenters. The largest absolute Gasteiger partial charge is 0.511 e. The number of aliphatic imine (C=N–C) groups is 1. The van der Waals surface area contributed by atoms with Crippen molar-refractivity contribution in [1.29, 1.82) is 0 Å². The molecule has 0 aliphatic heterocycles. The van der Waals surface area contributed by atoms with E-state index in [0.29, 0.717) is 36.5 Å². The average molecular weight is 377 g/mol. The maximum absolute atomic E-state index is 12.7. The number of Topliss-reactive ketones (excluding diaryl/α,β-unsaturated/α-hetero) is 2. The Morgan fingerprint density at radius 2 is 1.93 bits per heavy atom. The summed E-state index contributed by atoms with van der Waals surface area (Å²) in [6.45, 7) is 6.34. The lowest BCUT2D eigenvalue weighted by Gasteiger charge is -2.29. The summed E-state index contributed by atoms with van der Waals surface area (Å²) < 4.78 is 0. The van der Waals surface area contributed by atoms with Crippen LogP contribution in [0.2, 0.25) is 0 Å². The number of nitrogens with zero attached hydrogens (tertiary/aromatic N) is 1. The molecule has 0 radical (unpaired) electrons. The van der Waals surface area contributed by atoms with Crippen molar-refractivity contribution in [2.45, 2.75) is 84.6 Å². The second-order valence-electron chi connectivity index (χ2n) is 8.95. The van der Waals surface area contributed by atoms with Crippen molar-refractivity contribution < 1.29 is 14.7 Å². The molecule has 0 bridgehead atoms. The first-order chi connectivity index (χ1) is 12.7. The molecule has 5 heteroatoms. The highest BCUT2D eigenvalue weighted by Crippen LogP contribution is 2.36. The van der Waals surface area contributed by atoms with Crippen molar-refractivity contribution in [1.82, 2.24) is 5.32 Å². The number of carbonyl (C=O) groups is 2. The first-order valence-electron chi connectivity index (χ1n) is 10.4. The molecule has 0 spiro atoms. The number of nitrogens with one attached hydrogen (secondary N) is 1. The van der Waals surface area contributed by atoms with Crippen molar-refractivity contribution in [2.24, 2.45) is 16.3 Å². The van der Waals surface area contributed by atoms with Crippen LogP contribution in [0.3, 0.4) is 0 Å². The van der Waals surface area contributed by atoms with E-state index in [4.69, 9.17) is 0 Å². The third-order valence-corrected chi connectivity index (χ3v) is 5.91. The van der Waals surface area contributed by atoms with Gasteiger partial charge in [-0.2, -0.15) is 0 Å². The van der Waals surface area contributed by atoms with E-state index in [2.05, 4.69) is 10.3 Å². The fraction of sp³-hybridized carbons (Fsp3) is 0.773. The zero-order chi connectivity index (χ0) is 20.0. The monoisotopic (exact) mass is 376 g/mol. The summed E-state index contributed by atoms with van der Waals surface area (Å²) in [5.41, 5.74) is 0.829. The molecule has 2 rings (SSSR count). The summed E-state index contributed by atoms with van der Waals surface area (Å²) >= 11 is 0. The van der Waals surface area contributed by atoms with Gasteiger partial charge in [0.05, 0.1) is 11.6 Å². The van der Waals surface area contributed by atoms with E-state index in [1.165, 1.54) is 19.3 Å². The quantitative estimate of drug-likeness (QED) is 0.492. The molecule has 0 saturated heterocycles. The van der Waals surface area contributed by atoms with E-state index in [9.17, 15) is 14.7 Å². The number of hydrogen-bond acceptors (Lipinski definition) is 5. The molecule has 27 heavy (non-hydrogen) atoms. The van der Waals surface area contributed by atoms with E-state index in [1.54, 1.807) is 6.92 Å². The Morgan fingerprint density at radius 1 is 1.26 bits per heavy atom. The van der Waals surface area contributed by atoms with Gasteiger partial charge in [-0.1, -0.05) is 33.1 Å². The number of carbonyl (C=O) groups excluding carboxylic acids is 2. The van der Waals surface area contributed by atoms with Gasteiger partial charge in [0.1, 0.15) is 5.76 Å². The molecule has 2 N–H and O–H groups in total. The molecule has 152 valence electrons.